The lowest BCUT2D eigenvalue weighted by molar-refractivity contribution is 0.154. The van der Waals surface area contributed by atoms with E-state index in [0.717, 1.165) is 30.8 Å². The lowest BCUT2D eigenvalue weighted by Crippen LogP contribution is -2.43. The number of carbonyl (C=O) groups is 1. The van der Waals surface area contributed by atoms with Gasteiger partial charge in [0.25, 0.3) is 0 Å². The van der Waals surface area contributed by atoms with E-state index in [1.165, 1.54) is 4.31 Å². The molecule has 1 aliphatic heterocycles. The molecule has 2 rings (SSSR count). The van der Waals surface area contributed by atoms with Crippen LogP contribution >= 0.6 is 12.8 Å². The van der Waals surface area contributed by atoms with E-state index in [1.54, 1.807) is 13.4 Å². The third-order valence-electron chi connectivity index (χ3n) is 2.96. The number of nitrogens with zero attached hydrogens (tertiary/aromatic N) is 3. The van der Waals surface area contributed by atoms with E-state index >= 15 is 0 Å². The lowest BCUT2D eigenvalue weighted by atomic mass is 10.0. The second kappa shape index (κ2) is 4.37. The maximum Gasteiger partial charge on any atom is 0.330 e. The minimum atomic E-state index is -0.0659. The standard InChI is InChI=1S/C10H16N4OS/c1-3-8-9-7(11-6-12-9)4-5-14(8)10(15)13(2)16/h6,8,16H,3-5H2,1-2H3,(H,11,12). The van der Waals surface area contributed by atoms with E-state index in [0.29, 0.717) is 0 Å². The molecule has 1 atom stereocenters. The summed E-state index contributed by atoms with van der Waals surface area (Å²) in [6, 6.07) is 0.000864. The smallest absolute Gasteiger partial charge is 0.330 e. The fraction of sp³-hybridized carbons (Fsp3) is 0.600. The fourth-order valence-electron chi connectivity index (χ4n) is 2.18. The quantitative estimate of drug-likeness (QED) is 0.733. The summed E-state index contributed by atoms with van der Waals surface area (Å²) in [5, 5.41) is 0. The summed E-state index contributed by atoms with van der Waals surface area (Å²) in [5.41, 5.74) is 2.15. The molecule has 0 bridgehead atoms. The molecule has 1 N–H and O–H groups in total. The molecule has 16 heavy (non-hydrogen) atoms. The van der Waals surface area contributed by atoms with Crippen LogP contribution in [0.25, 0.3) is 0 Å². The molecule has 2 heterocycles. The van der Waals surface area contributed by atoms with Crippen molar-refractivity contribution >= 4 is 18.8 Å². The van der Waals surface area contributed by atoms with Gasteiger partial charge in [0.1, 0.15) is 0 Å². The third kappa shape index (κ3) is 1.77. The Morgan fingerprint density at radius 2 is 2.56 bits per heavy atom. The Kier molecular flexibility index (Phi) is 3.09. The summed E-state index contributed by atoms with van der Waals surface area (Å²) < 4.78 is 1.32. The Labute approximate surface area is 100 Å². The number of amides is 2. The van der Waals surface area contributed by atoms with Gasteiger partial charge >= 0.3 is 6.03 Å². The molecule has 0 fully saturated rings. The molecule has 0 spiro atoms. The van der Waals surface area contributed by atoms with Crippen LogP contribution in [0.1, 0.15) is 30.8 Å². The molecule has 2 amide bonds. The normalized spacial score (nSPS) is 19.4. The first kappa shape index (κ1) is 11.3. The van der Waals surface area contributed by atoms with Gasteiger partial charge in [-0.1, -0.05) is 19.7 Å². The highest BCUT2D eigenvalue weighted by Crippen LogP contribution is 2.30. The number of aromatic nitrogens is 2. The van der Waals surface area contributed by atoms with Crippen LogP contribution in [0.15, 0.2) is 6.33 Å². The molecular formula is C10H16N4OS. The molecule has 0 aliphatic carbocycles. The third-order valence-corrected chi connectivity index (χ3v) is 3.13. The Bertz CT molecular complexity index is 390. The van der Waals surface area contributed by atoms with E-state index in [4.69, 9.17) is 0 Å². The molecule has 1 unspecified atom stereocenters. The van der Waals surface area contributed by atoms with E-state index in [1.807, 2.05) is 4.90 Å². The number of aromatic amines is 1. The molecule has 1 aromatic heterocycles. The second-order valence-corrected chi connectivity index (χ2v) is 4.54. The Balaban J connectivity index is 2.27. The number of urea groups is 1. The van der Waals surface area contributed by atoms with Crippen molar-refractivity contribution in [1.82, 2.24) is 19.2 Å². The summed E-state index contributed by atoms with van der Waals surface area (Å²) in [7, 11) is 1.65. The van der Waals surface area contributed by atoms with Crippen molar-refractivity contribution in [1.29, 1.82) is 0 Å². The first-order chi connectivity index (χ1) is 7.65. The van der Waals surface area contributed by atoms with Gasteiger partial charge in [-0.05, 0) is 6.42 Å². The number of nitrogens with one attached hydrogen (secondary N) is 1. The molecule has 0 aromatic carbocycles. The topological polar surface area (TPSA) is 52.2 Å². The van der Waals surface area contributed by atoms with Crippen LogP contribution in [0.2, 0.25) is 0 Å². The molecule has 0 radical (unpaired) electrons. The van der Waals surface area contributed by atoms with Gasteiger partial charge < -0.3 is 9.88 Å². The summed E-state index contributed by atoms with van der Waals surface area (Å²) in [5.74, 6) is 0. The van der Waals surface area contributed by atoms with Gasteiger partial charge in [0, 0.05) is 25.7 Å². The maximum absolute atomic E-state index is 11.9. The van der Waals surface area contributed by atoms with Crippen molar-refractivity contribution < 1.29 is 4.79 Å². The highest BCUT2D eigenvalue weighted by molar-refractivity contribution is 7.78. The van der Waals surface area contributed by atoms with Gasteiger partial charge in [-0.25, -0.2) is 9.78 Å². The van der Waals surface area contributed by atoms with Crippen molar-refractivity contribution in [2.45, 2.75) is 25.8 Å². The molecule has 0 saturated heterocycles. The number of imidazole rings is 1. The van der Waals surface area contributed by atoms with Crippen molar-refractivity contribution in [3.05, 3.63) is 17.7 Å². The fourth-order valence-corrected chi connectivity index (χ4v) is 2.30. The summed E-state index contributed by atoms with van der Waals surface area (Å²) in [6.07, 6.45) is 3.40. The Morgan fingerprint density at radius 3 is 3.19 bits per heavy atom. The average Bonchev–Trinajstić information content (AvgIpc) is 2.74. The number of carbonyl (C=O) groups excluding carboxylic acids is 1. The summed E-state index contributed by atoms with van der Waals surface area (Å²) in [6.45, 7) is 2.78. The zero-order valence-electron chi connectivity index (χ0n) is 9.47. The lowest BCUT2D eigenvalue weighted by Gasteiger charge is -2.35. The Morgan fingerprint density at radius 1 is 1.81 bits per heavy atom. The van der Waals surface area contributed by atoms with E-state index in [2.05, 4.69) is 29.7 Å². The highest BCUT2D eigenvalue weighted by Gasteiger charge is 2.32. The molecule has 88 valence electrons. The first-order valence-corrected chi connectivity index (χ1v) is 5.80. The SMILES string of the molecule is CCC1c2nc[nH]c2CCN1C(=O)N(C)S. The minimum absolute atomic E-state index is 0.0659. The minimum Gasteiger partial charge on any atom is -0.348 e. The predicted octanol–water partition coefficient (Wildman–Crippen LogP) is 1.62. The second-order valence-electron chi connectivity index (χ2n) is 3.94. The number of hydrogen-bond acceptors (Lipinski definition) is 3. The predicted molar refractivity (Wildman–Crippen MR) is 64.2 cm³/mol. The van der Waals surface area contributed by atoms with E-state index < -0.39 is 0 Å². The average molecular weight is 240 g/mol. The zero-order valence-corrected chi connectivity index (χ0v) is 10.4. The number of rotatable bonds is 1. The van der Waals surface area contributed by atoms with Crippen LogP contribution in [-0.2, 0) is 6.42 Å². The maximum atomic E-state index is 11.9. The van der Waals surface area contributed by atoms with Gasteiger partial charge in [0.2, 0.25) is 0 Å². The van der Waals surface area contributed by atoms with Crippen molar-refractivity contribution in [3.8, 4) is 0 Å². The highest BCUT2D eigenvalue weighted by atomic mass is 32.1. The molecule has 6 heteroatoms. The van der Waals surface area contributed by atoms with Crippen LogP contribution in [0, 0.1) is 0 Å². The number of thiol groups is 1. The van der Waals surface area contributed by atoms with Crippen LogP contribution in [-0.4, -0.2) is 38.8 Å². The molecule has 1 aliphatic rings. The van der Waals surface area contributed by atoms with E-state index in [9.17, 15) is 4.79 Å². The van der Waals surface area contributed by atoms with Crippen molar-refractivity contribution in [2.24, 2.45) is 0 Å². The number of fused-ring (bicyclic) bond motifs is 1. The number of H-pyrrole nitrogens is 1. The van der Waals surface area contributed by atoms with Crippen LogP contribution in [0.4, 0.5) is 4.79 Å². The van der Waals surface area contributed by atoms with Crippen molar-refractivity contribution in [2.75, 3.05) is 13.6 Å². The largest absolute Gasteiger partial charge is 0.348 e. The molecule has 1 aromatic rings. The van der Waals surface area contributed by atoms with Gasteiger partial charge in [-0.15, -0.1) is 0 Å². The molecule has 0 saturated carbocycles. The van der Waals surface area contributed by atoms with Gasteiger partial charge in [0.15, 0.2) is 0 Å². The van der Waals surface area contributed by atoms with E-state index in [-0.39, 0.29) is 12.1 Å². The van der Waals surface area contributed by atoms with Crippen molar-refractivity contribution in [3.63, 3.8) is 0 Å². The van der Waals surface area contributed by atoms with Gasteiger partial charge in [0.05, 0.1) is 18.1 Å². The Hall–Kier alpha value is -1.17. The number of hydrogen-bond donors (Lipinski definition) is 2. The van der Waals surface area contributed by atoms with Crippen LogP contribution in [0.3, 0.4) is 0 Å². The molecular weight excluding hydrogens is 224 g/mol. The van der Waals surface area contributed by atoms with Gasteiger partial charge in [-0.3, -0.25) is 4.31 Å². The summed E-state index contributed by atoms with van der Waals surface area (Å²) in [4.78, 5) is 21.2. The summed E-state index contributed by atoms with van der Waals surface area (Å²) >= 11 is 4.05. The van der Waals surface area contributed by atoms with Crippen LogP contribution < -0.4 is 0 Å². The first-order valence-electron chi connectivity index (χ1n) is 5.40. The zero-order chi connectivity index (χ0) is 11.7. The van der Waals surface area contributed by atoms with Crippen LogP contribution in [0.5, 0.6) is 0 Å². The van der Waals surface area contributed by atoms with Gasteiger partial charge in [-0.2, -0.15) is 0 Å². The molecule has 5 nitrogen and oxygen atoms in total. The monoisotopic (exact) mass is 240 g/mol.